The van der Waals surface area contributed by atoms with Crippen molar-refractivity contribution in [3.8, 4) is 0 Å². The predicted octanol–water partition coefficient (Wildman–Crippen LogP) is 2.00. The molecule has 0 amide bonds. The first kappa shape index (κ1) is 12.3. The number of Topliss-reactive ketones (excluding diaryl/α,β-unsaturated/α-hetero) is 1. The molecule has 0 bridgehead atoms. The quantitative estimate of drug-likeness (QED) is 0.803. The van der Waals surface area contributed by atoms with Gasteiger partial charge in [-0.3, -0.25) is 9.48 Å². The van der Waals surface area contributed by atoms with Crippen LogP contribution in [0.2, 0.25) is 0 Å². The van der Waals surface area contributed by atoms with Crippen LogP contribution in [0.3, 0.4) is 0 Å². The molecule has 94 valence electrons. The summed E-state index contributed by atoms with van der Waals surface area (Å²) in [6.45, 7) is 5.42. The molecule has 2 unspecified atom stereocenters. The lowest BCUT2D eigenvalue weighted by Gasteiger charge is -2.19. The summed E-state index contributed by atoms with van der Waals surface area (Å²) in [4.78, 5) is 11.7. The van der Waals surface area contributed by atoms with Crippen molar-refractivity contribution in [3.63, 3.8) is 0 Å². The third-order valence-electron chi connectivity index (χ3n) is 3.43. The monoisotopic (exact) mass is 236 g/mol. The topological polar surface area (TPSA) is 44.1 Å². The molecule has 1 aromatic rings. The smallest absolute Gasteiger partial charge is 0.140 e. The fourth-order valence-electron chi connectivity index (χ4n) is 2.04. The van der Waals surface area contributed by atoms with Crippen LogP contribution in [0.25, 0.3) is 0 Å². The lowest BCUT2D eigenvalue weighted by atomic mass is 9.96. The van der Waals surface area contributed by atoms with E-state index in [1.807, 2.05) is 16.9 Å². The van der Waals surface area contributed by atoms with Gasteiger partial charge in [-0.25, -0.2) is 0 Å². The normalized spacial score (nSPS) is 22.7. The van der Waals surface area contributed by atoms with Crippen LogP contribution in [0, 0.1) is 5.92 Å². The van der Waals surface area contributed by atoms with Crippen molar-refractivity contribution >= 4 is 5.78 Å². The van der Waals surface area contributed by atoms with Gasteiger partial charge in [0.25, 0.3) is 0 Å². The molecule has 17 heavy (non-hydrogen) atoms. The number of rotatable bonds is 4. The van der Waals surface area contributed by atoms with Gasteiger partial charge in [-0.05, 0) is 19.4 Å². The first-order chi connectivity index (χ1) is 8.20. The Labute approximate surface area is 102 Å². The Morgan fingerprint density at radius 2 is 2.47 bits per heavy atom. The average Bonchev–Trinajstić information content (AvgIpc) is 2.80. The molecule has 1 aliphatic heterocycles. The molecule has 4 heteroatoms. The van der Waals surface area contributed by atoms with Gasteiger partial charge in [-0.2, -0.15) is 5.10 Å². The number of carbonyl (C=O) groups excluding carboxylic acids is 1. The molecule has 0 radical (unpaired) electrons. The molecule has 0 N–H and O–H groups in total. The second kappa shape index (κ2) is 5.45. The van der Waals surface area contributed by atoms with Crippen molar-refractivity contribution in [1.29, 1.82) is 0 Å². The lowest BCUT2D eigenvalue weighted by Crippen LogP contribution is -2.29. The zero-order valence-electron chi connectivity index (χ0n) is 10.6. The number of ketones is 1. The van der Waals surface area contributed by atoms with E-state index in [2.05, 4.69) is 18.9 Å². The van der Waals surface area contributed by atoms with Gasteiger partial charge in [0.2, 0.25) is 0 Å². The Kier molecular flexibility index (Phi) is 3.94. The van der Waals surface area contributed by atoms with E-state index in [0.717, 1.165) is 12.1 Å². The molecule has 0 spiro atoms. The zero-order valence-corrected chi connectivity index (χ0v) is 10.6. The third kappa shape index (κ3) is 2.94. The summed E-state index contributed by atoms with van der Waals surface area (Å²) in [7, 11) is 0. The molecule has 1 fully saturated rings. The van der Waals surface area contributed by atoms with Gasteiger partial charge >= 0.3 is 0 Å². The van der Waals surface area contributed by atoms with Crippen molar-refractivity contribution in [1.82, 2.24) is 9.78 Å². The lowest BCUT2D eigenvalue weighted by molar-refractivity contribution is -0.130. The highest BCUT2D eigenvalue weighted by Crippen LogP contribution is 2.16. The highest BCUT2D eigenvalue weighted by molar-refractivity contribution is 5.82. The molecule has 4 nitrogen and oxygen atoms in total. The van der Waals surface area contributed by atoms with Crippen molar-refractivity contribution in [3.05, 3.63) is 18.0 Å². The summed E-state index contributed by atoms with van der Waals surface area (Å²) in [5.74, 6) is 0.318. The molecule has 0 aliphatic carbocycles. The van der Waals surface area contributed by atoms with Gasteiger partial charge in [0.1, 0.15) is 5.78 Å². The van der Waals surface area contributed by atoms with Gasteiger partial charge in [0.15, 0.2) is 0 Å². The number of hydrogen-bond acceptors (Lipinski definition) is 3. The van der Waals surface area contributed by atoms with E-state index in [9.17, 15) is 4.79 Å². The third-order valence-corrected chi connectivity index (χ3v) is 3.43. The second-order valence-corrected chi connectivity index (χ2v) is 4.74. The Balaban J connectivity index is 1.98. The van der Waals surface area contributed by atoms with E-state index < -0.39 is 0 Å². The summed E-state index contributed by atoms with van der Waals surface area (Å²) in [6, 6.07) is 2.43. The summed E-state index contributed by atoms with van der Waals surface area (Å²) >= 11 is 0. The maximum Gasteiger partial charge on any atom is 0.140 e. The van der Waals surface area contributed by atoms with Gasteiger partial charge in [0.05, 0.1) is 18.9 Å². The zero-order chi connectivity index (χ0) is 12.3. The fourth-order valence-corrected chi connectivity index (χ4v) is 2.04. The van der Waals surface area contributed by atoms with Gasteiger partial charge < -0.3 is 4.74 Å². The molecule has 2 atom stereocenters. The second-order valence-electron chi connectivity index (χ2n) is 4.74. The van der Waals surface area contributed by atoms with E-state index in [4.69, 9.17) is 4.74 Å². The van der Waals surface area contributed by atoms with E-state index in [1.165, 1.54) is 0 Å². The summed E-state index contributed by atoms with van der Waals surface area (Å²) in [5.41, 5.74) is 0.995. The van der Waals surface area contributed by atoms with E-state index in [0.29, 0.717) is 37.9 Å². The Morgan fingerprint density at radius 3 is 3.18 bits per heavy atom. The SMILES string of the molecule is CCC(C)n1ccc(CC2COCCC2=O)n1. The van der Waals surface area contributed by atoms with Crippen molar-refractivity contribution in [2.75, 3.05) is 13.2 Å². The van der Waals surface area contributed by atoms with Crippen molar-refractivity contribution in [2.24, 2.45) is 5.92 Å². The van der Waals surface area contributed by atoms with Crippen molar-refractivity contribution < 1.29 is 9.53 Å². The Hall–Kier alpha value is -1.16. The van der Waals surface area contributed by atoms with E-state index >= 15 is 0 Å². The largest absolute Gasteiger partial charge is 0.380 e. The molecular weight excluding hydrogens is 216 g/mol. The minimum atomic E-state index is 0.00373. The van der Waals surface area contributed by atoms with Crippen LogP contribution in [-0.2, 0) is 16.0 Å². The molecule has 1 aromatic heterocycles. The van der Waals surface area contributed by atoms with Gasteiger partial charge in [-0.1, -0.05) is 6.92 Å². The van der Waals surface area contributed by atoms with Gasteiger partial charge in [-0.15, -0.1) is 0 Å². The molecule has 1 aliphatic rings. The number of ether oxygens (including phenoxy) is 1. The van der Waals surface area contributed by atoms with Crippen molar-refractivity contribution in [2.45, 2.75) is 39.2 Å². The summed E-state index contributed by atoms with van der Waals surface area (Å²) in [5, 5.41) is 4.52. The van der Waals surface area contributed by atoms with Crippen LogP contribution in [-0.4, -0.2) is 28.8 Å². The first-order valence-corrected chi connectivity index (χ1v) is 6.35. The van der Waals surface area contributed by atoms with Crippen LogP contribution in [0.1, 0.15) is 38.4 Å². The fraction of sp³-hybridized carbons (Fsp3) is 0.692. The summed E-state index contributed by atoms with van der Waals surface area (Å²) in [6.07, 6.45) is 4.32. The maximum atomic E-state index is 11.7. The van der Waals surface area contributed by atoms with Crippen LogP contribution >= 0.6 is 0 Å². The maximum absolute atomic E-state index is 11.7. The molecule has 0 aromatic carbocycles. The van der Waals surface area contributed by atoms with Crippen LogP contribution in [0.4, 0.5) is 0 Å². The minimum absolute atomic E-state index is 0.00373. The van der Waals surface area contributed by atoms with Gasteiger partial charge in [0, 0.05) is 31.0 Å². The number of hydrogen-bond donors (Lipinski definition) is 0. The van der Waals surface area contributed by atoms with Crippen LogP contribution < -0.4 is 0 Å². The molecular formula is C13H20N2O2. The highest BCUT2D eigenvalue weighted by Gasteiger charge is 2.23. The highest BCUT2D eigenvalue weighted by atomic mass is 16.5. The molecule has 1 saturated heterocycles. The standard InChI is InChI=1S/C13H20N2O2/c1-3-10(2)15-6-4-12(14-15)8-11-9-17-7-5-13(11)16/h4,6,10-11H,3,5,7-9H2,1-2H3. The molecule has 2 rings (SSSR count). The van der Waals surface area contributed by atoms with Crippen LogP contribution in [0.15, 0.2) is 12.3 Å². The summed E-state index contributed by atoms with van der Waals surface area (Å²) < 4.78 is 7.32. The Morgan fingerprint density at radius 1 is 1.65 bits per heavy atom. The molecule has 0 saturated carbocycles. The first-order valence-electron chi connectivity index (χ1n) is 6.35. The van der Waals surface area contributed by atoms with E-state index in [-0.39, 0.29) is 5.92 Å². The molecule has 2 heterocycles. The Bertz CT molecular complexity index is 387. The van der Waals surface area contributed by atoms with Crippen LogP contribution in [0.5, 0.6) is 0 Å². The number of nitrogens with zero attached hydrogens (tertiary/aromatic N) is 2. The minimum Gasteiger partial charge on any atom is -0.380 e. The number of carbonyl (C=O) groups is 1. The number of aromatic nitrogens is 2. The van der Waals surface area contributed by atoms with E-state index in [1.54, 1.807) is 0 Å². The average molecular weight is 236 g/mol. The predicted molar refractivity (Wildman–Crippen MR) is 64.9 cm³/mol.